The molecule has 1 aliphatic rings. The second-order valence-corrected chi connectivity index (χ2v) is 5.28. The van der Waals surface area contributed by atoms with Crippen molar-refractivity contribution in [1.29, 1.82) is 0 Å². The second-order valence-electron chi connectivity index (χ2n) is 4.31. The van der Waals surface area contributed by atoms with E-state index in [4.69, 9.17) is 11.5 Å². The van der Waals surface area contributed by atoms with E-state index < -0.39 is 18.9 Å². The fraction of sp³-hybridized carbons (Fsp3) is 0.600. The summed E-state index contributed by atoms with van der Waals surface area (Å²) in [5, 5.41) is 2.71. The van der Waals surface area contributed by atoms with Gasteiger partial charge in [0.2, 0.25) is 0 Å². The number of hydrogen-bond acceptors (Lipinski definition) is 6. The molecule has 0 spiro atoms. The van der Waals surface area contributed by atoms with E-state index in [1.54, 1.807) is 0 Å². The number of halogens is 2. The van der Waals surface area contributed by atoms with Crippen molar-refractivity contribution in [2.24, 2.45) is 5.73 Å². The Labute approximate surface area is 112 Å². The molecule has 106 valence electrons. The fourth-order valence-corrected chi connectivity index (χ4v) is 2.77. The molecule has 0 aromatic carbocycles. The number of alkyl halides is 2. The summed E-state index contributed by atoms with van der Waals surface area (Å²) < 4.78 is 24.1. The highest BCUT2D eigenvalue weighted by Crippen LogP contribution is 2.30. The summed E-state index contributed by atoms with van der Waals surface area (Å²) in [5.74, 6) is -0.558. The predicted octanol–water partition coefficient (Wildman–Crippen LogP) is 0.258. The zero-order valence-electron chi connectivity index (χ0n) is 10.1. The van der Waals surface area contributed by atoms with Crippen molar-refractivity contribution in [3.8, 4) is 0 Å². The lowest BCUT2D eigenvalue weighted by atomic mass is 10.3. The standard InChI is InChI=1S/C10H15F2N5OS/c11-6(12)3-15-9(18)7-8(14)16-10(19-7)17-2-1-5(13)4-17/h5-6H,1-4,13-14H2,(H,15,18). The Balaban J connectivity index is 2.06. The van der Waals surface area contributed by atoms with Crippen LogP contribution in [-0.4, -0.2) is 43.0 Å². The van der Waals surface area contributed by atoms with Crippen LogP contribution in [0.2, 0.25) is 0 Å². The number of amides is 1. The minimum absolute atomic E-state index is 0.0623. The van der Waals surface area contributed by atoms with Crippen LogP contribution in [0.25, 0.3) is 0 Å². The number of nitrogens with zero attached hydrogens (tertiary/aromatic N) is 2. The Kier molecular flexibility index (Phi) is 4.15. The molecule has 1 aliphatic heterocycles. The van der Waals surface area contributed by atoms with Gasteiger partial charge in [0, 0.05) is 19.1 Å². The predicted molar refractivity (Wildman–Crippen MR) is 69.7 cm³/mol. The number of aromatic nitrogens is 1. The Morgan fingerprint density at radius 3 is 2.95 bits per heavy atom. The van der Waals surface area contributed by atoms with Crippen LogP contribution in [0.4, 0.5) is 19.7 Å². The minimum atomic E-state index is -2.59. The van der Waals surface area contributed by atoms with E-state index >= 15 is 0 Å². The van der Waals surface area contributed by atoms with Gasteiger partial charge in [0.25, 0.3) is 12.3 Å². The average molecular weight is 291 g/mol. The molecule has 0 bridgehead atoms. The van der Waals surface area contributed by atoms with E-state index in [2.05, 4.69) is 10.3 Å². The van der Waals surface area contributed by atoms with Crippen molar-refractivity contribution >= 4 is 28.2 Å². The zero-order valence-corrected chi connectivity index (χ0v) is 10.9. The highest BCUT2D eigenvalue weighted by atomic mass is 32.1. The number of carbonyl (C=O) groups excluding carboxylic acids is 1. The number of carbonyl (C=O) groups is 1. The molecule has 1 aromatic rings. The molecule has 1 fully saturated rings. The topological polar surface area (TPSA) is 97.3 Å². The lowest BCUT2D eigenvalue weighted by molar-refractivity contribution is 0.0896. The molecule has 1 saturated heterocycles. The molecule has 6 nitrogen and oxygen atoms in total. The highest BCUT2D eigenvalue weighted by molar-refractivity contribution is 7.18. The first-order chi connectivity index (χ1) is 8.97. The van der Waals surface area contributed by atoms with Crippen LogP contribution < -0.4 is 21.7 Å². The molecule has 0 saturated carbocycles. The lowest BCUT2D eigenvalue weighted by Crippen LogP contribution is -2.28. The van der Waals surface area contributed by atoms with Gasteiger partial charge in [-0.3, -0.25) is 4.79 Å². The summed E-state index contributed by atoms with van der Waals surface area (Å²) in [5.41, 5.74) is 11.4. The Bertz CT molecular complexity index is 467. The second kappa shape index (κ2) is 5.66. The smallest absolute Gasteiger partial charge is 0.265 e. The molecular formula is C10H15F2N5OS. The fourth-order valence-electron chi connectivity index (χ4n) is 1.83. The largest absolute Gasteiger partial charge is 0.382 e. The van der Waals surface area contributed by atoms with Crippen LogP contribution in [0, 0.1) is 0 Å². The number of hydrogen-bond donors (Lipinski definition) is 3. The molecule has 2 heterocycles. The number of nitrogens with one attached hydrogen (secondary N) is 1. The molecule has 0 radical (unpaired) electrons. The van der Waals surface area contributed by atoms with Gasteiger partial charge in [0.15, 0.2) is 5.13 Å². The first-order valence-electron chi connectivity index (χ1n) is 5.80. The maximum Gasteiger partial charge on any atom is 0.265 e. The summed E-state index contributed by atoms with van der Waals surface area (Å²) in [6.07, 6.45) is -1.74. The number of rotatable bonds is 4. The van der Waals surface area contributed by atoms with Gasteiger partial charge in [-0.05, 0) is 6.42 Å². The lowest BCUT2D eigenvalue weighted by Gasteiger charge is -2.12. The van der Waals surface area contributed by atoms with Crippen molar-refractivity contribution in [2.45, 2.75) is 18.9 Å². The Morgan fingerprint density at radius 2 is 2.37 bits per heavy atom. The van der Waals surface area contributed by atoms with Gasteiger partial charge in [0.1, 0.15) is 10.7 Å². The van der Waals surface area contributed by atoms with Gasteiger partial charge in [0.05, 0.1) is 6.54 Å². The number of nitrogens with two attached hydrogens (primary N) is 2. The molecular weight excluding hydrogens is 276 g/mol. The first-order valence-corrected chi connectivity index (χ1v) is 6.62. The quantitative estimate of drug-likeness (QED) is 0.739. The third kappa shape index (κ3) is 3.29. The zero-order chi connectivity index (χ0) is 14.0. The van der Waals surface area contributed by atoms with E-state index in [1.165, 1.54) is 0 Å². The van der Waals surface area contributed by atoms with Gasteiger partial charge in [-0.1, -0.05) is 11.3 Å². The van der Waals surface area contributed by atoms with Crippen molar-refractivity contribution < 1.29 is 13.6 Å². The maximum absolute atomic E-state index is 12.0. The highest BCUT2D eigenvalue weighted by Gasteiger charge is 2.25. The van der Waals surface area contributed by atoms with Gasteiger partial charge in [-0.2, -0.15) is 0 Å². The molecule has 9 heteroatoms. The normalized spacial score (nSPS) is 19.2. The van der Waals surface area contributed by atoms with E-state index in [0.717, 1.165) is 24.3 Å². The molecule has 1 aromatic heterocycles. The summed E-state index contributed by atoms with van der Waals surface area (Å²) in [6, 6.07) is 0.0845. The summed E-state index contributed by atoms with van der Waals surface area (Å²) in [7, 11) is 0. The van der Waals surface area contributed by atoms with Crippen molar-refractivity contribution in [3.05, 3.63) is 4.88 Å². The summed E-state index contributed by atoms with van der Waals surface area (Å²) in [6.45, 7) is 0.720. The van der Waals surface area contributed by atoms with Gasteiger partial charge in [-0.15, -0.1) is 0 Å². The number of nitrogen functional groups attached to an aromatic ring is 1. The van der Waals surface area contributed by atoms with E-state index in [9.17, 15) is 13.6 Å². The number of thiazole rings is 1. The number of anilines is 2. The third-order valence-corrected chi connectivity index (χ3v) is 3.89. The monoisotopic (exact) mass is 291 g/mol. The van der Waals surface area contributed by atoms with Gasteiger partial charge >= 0.3 is 0 Å². The molecule has 5 N–H and O–H groups in total. The maximum atomic E-state index is 12.0. The van der Waals surface area contributed by atoms with Crippen molar-refractivity contribution in [1.82, 2.24) is 10.3 Å². The van der Waals surface area contributed by atoms with Crippen LogP contribution in [0.15, 0.2) is 0 Å². The van der Waals surface area contributed by atoms with Crippen LogP contribution in [0.5, 0.6) is 0 Å². The molecule has 2 rings (SSSR count). The van der Waals surface area contributed by atoms with E-state index in [1.807, 2.05) is 4.90 Å². The summed E-state index contributed by atoms with van der Waals surface area (Å²) in [4.78, 5) is 17.9. The average Bonchev–Trinajstić information content (AvgIpc) is 2.92. The van der Waals surface area contributed by atoms with Crippen LogP contribution >= 0.6 is 11.3 Å². The third-order valence-electron chi connectivity index (χ3n) is 2.76. The SMILES string of the molecule is Nc1nc(N2CCC(N)C2)sc1C(=O)NCC(F)F. The van der Waals surface area contributed by atoms with Gasteiger partial charge < -0.3 is 21.7 Å². The molecule has 1 amide bonds. The van der Waals surface area contributed by atoms with Gasteiger partial charge in [-0.25, -0.2) is 13.8 Å². The Morgan fingerprint density at radius 1 is 1.63 bits per heavy atom. The Hall–Kier alpha value is -1.48. The first kappa shape index (κ1) is 13.9. The molecule has 1 unspecified atom stereocenters. The molecule has 19 heavy (non-hydrogen) atoms. The minimum Gasteiger partial charge on any atom is -0.382 e. The van der Waals surface area contributed by atoms with E-state index in [0.29, 0.717) is 11.7 Å². The molecule has 0 aliphatic carbocycles. The van der Waals surface area contributed by atoms with Crippen LogP contribution in [0.1, 0.15) is 16.1 Å². The van der Waals surface area contributed by atoms with Crippen LogP contribution in [-0.2, 0) is 0 Å². The van der Waals surface area contributed by atoms with Crippen molar-refractivity contribution in [3.63, 3.8) is 0 Å². The van der Waals surface area contributed by atoms with E-state index in [-0.39, 0.29) is 16.7 Å². The van der Waals surface area contributed by atoms with Crippen LogP contribution in [0.3, 0.4) is 0 Å². The summed E-state index contributed by atoms with van der Waals surface area (Å²) >= 11 is 1.10. The molecule has 1 atom stereocenters. The van der Waals surface area contributed by atoms with Crippen molar-refractivity contribution in [2.75, 3.05) is 30.3 Å².